The van der Waals surface area contributed by atoms with E-state index >= 15 is 0 Å². The van der Waals surface area contributed by atoms with Crippen LogP contribution in [-0.4, -0.2) is 69.5 Å². The molecule has 1 atom stereocenters. The number of ether oxygens (including phenoxy) is 2. The van der Waals surface area contributed by atoms with Gasteiger partial charge in [-0.2, -0.15) is 0 Å². The van der Waals surface area contributed by atoms with Crippen molar-refractivity contribution >= 4 is 27.0 Å². The third-order valence-corrected chi connectivity index (χ3v) is 12.0. The first-order chi connectivity index (χ1) is 16.5. The topological polar surface area (TPSA) is 66.5 Å². The summed E-state index contributed by atoms with van der Waals surface area (Å²) in [6, 6.07) is 6.03. The molecular formula is C28H50BNO6Si. The van der Waals surface area contributed by atoms with E-state index in [1.165, 1.54) is 0 Å². The Morgan fingerprint density at radius 3 is 2.05 bits per heavy atom. The monoisotopic (exact) mass is 535 g/mol. The van der Waals surface area contributed by atoms with Gasteiger partial charge in [0.15, 0.2) is 8.32 Å². The van der Waals surface area contributed by atoms with E-state index < -0.39 is 32.2 Å². The van der Waals surface area contributed by atoms with Crippen molar-refractivity contribution in [3.05, 3.63) is 23.8 Å². The minimum absolute atomic E-state index is 0.0169. The Hall–Kier alpha value is -1.55. The van der Waals surface area contributed by atoms with E-state index in [0.29, 0.717) is 18.9 Å². The van der Waals surface area contributed by atoms with Crippen LogP contribution in [0.2, 0.25) is 18.1 Å². The van der Waals surface area contributed by atoms with Gasteiger partial charge in [0, 0.05) is 7.05 Å². The maximum atomic E-state index is 12.7. The SMILES string of the molecule is Cc1cc(OCC(CN(C)C(=O)OC(C)(C)C)O[Si](C)(C)C(C)(C)C)cc(B2OC(C)(C)C(C)(C)O2)c1. The number of carbonyl (C=O) groups is 1. The highest BCUT2D eigenvalue weighted by atomic mass is 28.4. The first-order valence-electron chi connectivity index (χ1n) is 13.2. The number of hydrogen-bond acceptors (Lipinski definition) is 6. The molecule has 1 saturated heterocycles. The Morgan fingerprint density at radius 2 is 1.57 bits per heavy atom. The van der Waals surface area contributed by atoms with Crippen LogP contribution in [0.1, 0.15) is 74.8 Å². The fraction of sp³-hybridized carbons (Fsp3) is 0.750. The van der Waals surface area contributed by atoms with Crippen molar-refractivity contribution in [2.45, 2.75) is 117 Å². The maximum absolute atomic E-state index is 12.7. The van der Waals surface area contributed by atoms with Crippen LogP contribution in [0.25, 0.3) is 0 Å². The van der Waals surface area contributed by atoms with E-state index in [0.717, 1.165) is 11.0 Å². The number of rotatable bonds is 8. The summed E-state index contributed by atoms with van der Waals surface area (Å²) >= 11 is 0. The van der Waals surface area contributed by atoms with Crippen LogP contribution in [0, 0.1) is 6.92 Å². The fourth-order valence-corrected chi connectivity index (χ4v) is 4.93. The number of benzene rings is 1. The summed E-state index contributed by atoms with van der Waals surface area (Å²) in [5.41, 5.74) is 0.563. The minimum atomic E-state index is -2.13. The second kappa shape index (κ2) is 10.9. The fourth-order valence-electron chi connectivity index (χ4n) is 3.60. The molecule has 1 unspecified atom stereocenters. The molecule has 0 bridgehead atoms. The molecule has 0 aromatic heterocycles. The molecule has 1 aromatic carbocycles. The van der Waals surface area contributed by atoms with Crippen molar-refractivity contribution in [2.75, 3.05) is 20.2 Å². The lowest BCUT2D eigenvalue weighted by atomic mass is 9.78. The zero-order valence-corrected chi connectivity index (χ0v) is 26.7. The second-order valence-electron chi connectivity index (χ2n) is 13.8. The van der Waals surface area contributed by atoms with Gasteiger partial charge in [-0.3, -0.25) is 0 Å². The Balaban J connectivity index is 2.22. The zero-order chi connectivity index (χ0) is 28.6. The van der Waals surface area contributed by atoms with Gasteiger partial charge < -0.3 is 28.1 Å². The van der Waals surface area contributed by atoms with Crippen LogP contribution in [-0.2, 0) is 18.5 Å². The number of aryl methyl sites for hydroxylation is 1. The smallest absolute Gasteiger partial charge is 0.491 e. The quantitative estimate of drug-likeness (QED) is 0.385. The Kier molecular flexibility index (Phi) is 9.34. The highest BCUT2D eigenvalue weighted by molar-refractivity contribution is 6.74. The molecule has 1 aromatic rings. The van der Waals surface area contributed by atoms with Crippen molar-refractivity contribution in [2.24, 2.45) is 0 Å². The molecule has 1 heterocycles. The molecule has 1 aliphatic rings. The Morgan fingerprint density at radius 1 is 1.03 bits per heavy atom. The maximum Gasteiger partial charge on any atom is 0.494 e. The third-order valence-electron chi connectivity index (χ3n) is 7.48. The summed E-state index contributed by atoms with van der Waals surface area (Å²) in [6.45, 7) is 27.5. The third kappa shape index (κ3) is 8.47. The molecule has 0 aliphatic carbocycles. The summed E-state index contributed by atoms with van der Waals surface area (Å²) in [6.07, 6.45) is -0.700. The molecule has 0 saturated carbocycles. The van der Waals surface area contributed by atoms with E-state index in [9.17, 15) is 4.79 Å². The molecule has 1 amide bonds. The van der Waals surface area contributed by atoms with Crippen LogP contribution in [0.15, 0.2) is 18.2 Å². The zero-order valence-electron chi connectivity index (χ0n) is 25.7. The molecule has 0 N–H and O–H groups in total. The Bertz CT molecular complexity index is 935. The molecule has 0 spiro atoms. The van der Waals surface area contributed by atoms with E-state index in [1.807, 2.05) is 67.5 Å². The molecule has 37 heavy (non-hydrogen) atoms. The molecule has 2 rings (SSSR count). The van der Waals surface area contributed by atoms with Gasteiger partial charge in [0.25, 0.3) is 0 Å². The van der Waals surface area contributed by atoms with E-state index in [4.69, 9.17) is 23.2 Å². The molecule has 9 heteroatoms. The van der Waals surface area contributed by atoms with E-state index in [-0.39, 0.29) is 17.2 Å². The lowest BCUT2D eigenvalue weighted by molar-refractivity contribution is 0.00578. The highest BCUT2D eigenvalue weighted by Crippen LogP contribution is 2.38. The van der Waals surface area contributed by atoms with Crippen molar-refractivity contribution in [1.29, 1.82) is 0 Å². The molecular weight excluding hydrogens is 485 g/mol. The van der Waals surface area contributed by atoms with Gasteiger partial charge in [-0.25, -0.2) is 4.79 Å². The van der Waals surface area contributed by atoms with Gasteiger partial charge in [-0.1, -0.05) is 26.8 Å². The number of nitrogens with zero attached hydrogens (tertiary/aromatic N) is 1. The lowest BCUT2D eigenvalue weighted by Crippen LogP contribution is -2.49. The molecule has 7 nitrogen and oxygen atoms in total. The van der Waals surface area contributed by atoms with Crippen LogP contribution in [0.5, 0.6) is 5.75 Å². The van der Waals surface area contributed by atoms with Crippen LogP contribution >= 0.6 is 0 Å². The summed E-state index contributed by atoms with van der Waals surface area (Å²) < 4.78 is 31.1. The van der Waals surface area contributed by atoms with Gasteiger partial charge in [0.1, 0.15) is 18.0 Å². The summed E-state index contributed by atoms with van der Waals surface area (Å²) in [5, 5.41) is 0.0169. The molecule has 1 aliphatic heterocycles. The number of amides is 1. The van der Waals surface area contributed by atoms with Gasteiger partial charge >= 0.3 is 13.2 Å². The van der Waals surface area contributed by atoms with Crippen LogP contribution < -0.4 is 10.2 Å². The number of hydrogen-bond donors (Lipinski definition) is 0. The second-order valence-corrected chi connectivity index (χ2v) is 18.6. The van der Waals surface area contributed by atoms with Crippen molar-refractivity contribution in [3.8, 4) is 5.75 Å². The van der Waals surface area contributed by atoms with Crippen LogP contribution in [0.4, 0.5) is 4.79 Å². The number of carbonyl (C=O) groups excluding carboxylic acids is 1. The van der Waals surface area contributed by atoms with Gasteiger partial charge in [0.2, 0.25) is 0 Å². The number of likely N-dealkylation sites (N-methyl/N-ethyl adjacent to an activating group) is 1. The first-order valence-corrected chi connectivity index (χ1v) is 16.2. The van der Waals surface area contributed by atoms with E-state index in [1.54, 1.807) is 11.9 Å². The van der Waals surface area contributed by atoms with E-state index in [2.05, 4.69) is 39.9 Å². The average molecular weight is 536 g/mol. The summed E-state index contributed by atoms with van der Waals surface area (Å²) in [4.78, 5) is 14.2. The van der Waals surface area contributed by atoms with Crippen molar-refractivity contribution in [3.63, 3.8) is 0 Å². The lowest BCUT2D eigenvalue weighted by Gasteiger charge is -2.40. The molecule has 0 radical (unpaired) electrons. The standard InChI is InChI=1S/C28H50BNO6Si/c1-20-15-21(29-35-27(8,9)28(10,11)36-29)17-22(16-20)32-19-23(34-37(13,14)26(5,6)7)18-30(12)24(31)33-25(2,3)4/h15-17,23H,18-19H2,1-14H3. The van der Waals surface area contributed by atoms with Gasteiger partial charge in [-0.05, 0) is 96.7 Å². The predicted octanol–water partition coefficient (Wildman–Crippen LogP) is 5.93. The predicted molar refractivity (Wildman–Crippen MR) is 153 cm³/mol. The Labute approximate surface area is 226 Å². The summed E-state index contributed by atoms with van der Waals surface area (Å²) in [7, 11) is -0.861. The normalized spacial score (nSPS) is 18.5. The van der Waals surface area contributed by atoms with Crippen molar-refractivity contribution in [1.82, 2.24) is 4.90 Å². The largest absolute Gasteiger partial charge is 0.494 e. The van der Waals surface area contributed by atoms with Gasteiger partial charge in [-0.15, -0.1) is 0 Å². The first kappa shape index (κ1) is 31.7. The van der Waals surface area contributed by atoms with Gasteiger partial charge in [0.05, 0.1) is 23.9 Å². The molecule has 1 fully saturated rings. The van der Waals surface area contributed by atoms with Crippen LogP contribution in [0.3, 0.4) is 0 Å². The van der Waals surface area contributed by atoms with Crippen molar-refractivity contribution < 1.29 is 28.0 Å². The average Bonchev–Trinajstić information content (AvgIpc) is 2.90. The molecule has 210 valence electrons. The highest BCUT2D eigenvalue weighted by Gasteiger charge is 2.51. The summed E-state index contributed by atoms with van der Waals surface area (Å²) in [5.74, 6) is 0.716. The minimum Gasteiger partial charge on any atom is -0.491 e.